The van der Waals surface area contributed by atoms with Gasteiger partial charge in [-0.3, -0.25) is 0 Å². The van der Waals surface area contributed by atoms with Crippen LogP contribution >= 0.6 is 0 Å². The van der Waals surface area contributed by atoms with Crippen molar-refractivity contribution in [3.05, 3.63) is 0 Å². The molecule has 0 heterocycles. The highest BCUT2D eigenvalue weighted by molar-refractivity contribution is 5.02. The maximum atomic E-state index is 5.98. The van der Waals surface area contributed by atoms with E-state index in [-0.39, 0.29) is 5.41 Å². The van der Waals surface area contributed by atoms with Crippen molar-refractivity contribution in [3.8, 4) is 0 Å². The SMILES string of the molecule is CCC1(C)C(N)CC1OCC(C)C. The average molecular weight is 185 g/mol. The van der Waals surface area contributed by atoms with Crippen LogP contribution in [0.2, 0.25) is 0 Å². The second kappa shape index (κ2) is 3.97. The minimum absolute atomic E-state index is 0.231. The molecule has 3 atom stereocenters. The Kier molecular flexibility index (Phi) is 3.36. The quantitative estimate of drug-likeness (QED) is 0.728. The van der Waals surface area contributed by atoms with Crippen LogP contribution in [0.4, 0.5) is 0 Å². The summed E-state index contributed by atoms with van der Waals surface area (Å²) in [6, 6.07) is 0.342. The molecule has 1 rings (SSSR count). The second-order valence-corrected chi connectivity index (χ2v) is 4.92. The highest BCUT2D eigenvalue weighted by Crippen LogP contribution is 2.44. The van der Waals surface area contributed by atoms with Crippen LogP contribution < -0.4 is 5.73 Å². The molecule has 13 heavy (non-hydrogen) atoms. The summed E-state index contributed by atoms with van der Waals surface area (Å²) in [7, 11) is 0. The van der Waals surface area contributed by atoms with Gasteiger partial charge in [-0.2, -0.15) is 0 Å². The number of hydrogen-bond acceptors (Lipinski definition) is 2. The molecule has 0 aliphatic heterocycles. The molecule has 78 valence electrons. The van der Waals surface area contributed by atoms with Gasteiger partial charge in [0, 0.05) is 18.1 Å². The van der Waals surface area contributed by atoms with Gasteiger partial charge in [-0.25, -0.2) is 0 Å². The topological polar surface area (TPSA) is 35.2 Å². The zero-order chi connectivity index (χ0) is 10.1. The molecule has 2 heteroatoms. The monoisotopic (exact) mass is 185 g/mol. The highest BCUT2D eigenvalue weighted by atomic mass is 16.5. The van der Waals surface area contributed by atoms with Crippen molar-refractivity contribution in [2.45, 2.75) is 52.7 Å². The average Bonchev–Trinajstić information content (AvgIpc) is 2.10. The normalized spacial score (nSPS) is 39.2. The lowest BCUT2D eigenvalue weighted by molar-refractivity contribution is -0.125. The minimum Gasteiger partial charge on any atom is -0.377 e. The second-order valence-electron chi connectivity index (χ2n) is 4.92. The largest absolute Gasteiger partial charge is 0.377 e. The summed E-state index contributed by atoms with van der Waals surface area (Å²) in [5, 5.41) is 0. The Hall–Kier alpha value is -0.0800. The molecule has 0 bridgehead atoms. The zero-order valence-corrected chi connectivity index (χ0v) is 9.34. The summed E-state index contributed by atoms with van der Waals surface area (Å²) in [6.45, 7) is 9.67. The van der Waals surface area contributed by atoms with Crippen molar-refractivity contribution >= 4 is 0 Å². The number of rotatable bonds is 4. The van der Waals surface area contributed by atoms with Gasteiger partial charge in [-0.1, -0.05) is 27.7 Å². The predicted molar refractivity (Wildman–Crippen MR) is 55.6 cm³/mol. The number of ether oxygens (including phenoxy) is 1. The van der Waals surface area contributed by atoms with Crippen LogP contribution in [0.25, 0.3) is 0 Å². The van der Waals surface area contributed by atoms with Crippen molar-refractivity contribution in [2.24, 2.45) is 17.1 Å². The van der Waals surface area contributed by atoms with Gasteiger partial charge < -0.3 is 10.5 Å². The Morgan fingerprint density at radius 2 is 2.15 bits per heavy atom. The van der Waals surface area contributed by atoms with Gasteiger partial charge >= 0.3 is 0 Å². The van der Waals surface area contributed by atoms with E-state index in [1.807, 2.05) is 0 Å². The molecule has 1 fully saturated rings. The van der Waals surface area contributed by atoms with E-state index >= 15 is 0 Å². The Labute approximate surface area is 81.8 Å². The van der Waals surface area contributed by atoms with E-state index < -0.39 is 0 Å². The van der Waals surface area contributed by atoms with Crippen molar-refractivity contribution in [1.29, 1.82) is 0 Å². The molecule has 0 saturated heterocycles. The number of hydrogen-bond donors (Lipinski definition) is 1. The first-order chi connectivity index (χ1) is 6.00. The van der Waals surface area contributed by atoms with Gasteiger partial charge in [-0.05, 0) is 18.8 Å². The van der Waals surface area contributed by atoms with E-state index in [1.165, 1.54) is 0 Å². The molecule has 0 amide bonds. The van der Waals surface area contributed by atoms with Crippen molar-refractivity contribution < 1.29 is 4.74 Å². The minimum atomic E-state index is 0.231. The molecular formula is C11H23NO. The molecule has 0 radical (unpaired) electrons. The summed E-state index contributed by atoms with van der Waals surface area (Å²) >= 11 is 0. The molecule has 2 N–H and O–H groups in total. The summed E-state index contributed by atoms with van der Waals surface area (Å²) in [5.74, 6) is 0.623. The standard InChI is InChI=1S/C11H23NO/c1-5-11(4)9(12)6-10(11)13-7-8(2)3/h8-10H,5-7,12H2,1-4H3. The first-order valence-electron chi connectivity index (χ1n) is 5.38. The van der Waals surface area contributed by atoms with Crippen LogP contribution in [0.5, 0.6) is 0 Å². The van der Waals surface area contributed by atoms with E-state index in [0.717, 1.165) is 19.4 Å². The van der Waals surface area contributed by atoms with Gasteiger partial charge in [0.2, 0.25) is 0 Å². The Balaban J connectivity index is 2.37. The molecule has 1 saturated carbocycles. The van der Waals surface area contributed by atoms with Crippen LogP contribution in [-0.2, 0) is 4.74 Å². The molecule has 0 aromatic carbocycles. The fourth-order valence-corrected chi connectivity index (χ4v) is 1.90. The third-order valence-electron chi connectivity index (χ3n) is 3.44. The van der Waals surface area contributed by atoms with Crippen molar-refractivity contribution in [2.75, 3.05) is 6.61 Å². The van der Waals surface area contributed by atoms with Gasteiger partial charge in [0.15, 0.2) is 0 Å². The van der Waals surface area contributed by atoms with Crippen LogP contribution in [0.3, 0.4) is 0 Å². The highest BCUT2D eigenvalue weighted by Gasteiger charge is 2.49. The molecule has 2 nitrogen and oxygen atoms in total. The van der Waals surface area contributed by atoms with Gasteiger partial charge in [0.25, 0.3) is 0 Å². The van der Waals surface area contributed by atoms with Gasteiger partial charge in [0.05, 0.1) is 6.10 Å². The first-order valence-corrected chi connectivity index (χ1v) is 5.38. The molecule has 1 aliphatic rings. The third kappa shape index (κ3) is 2.05. The molecular weight excluding hydrogens is 162 g/mol. The summed E-state index contributed by atoms with van der Waals surface area (Å²) in [6.07, 6.45) is 2.56. The maximum absolute atomic E-state index is 5.98. The Morgan fingerprint density at radius 3 is 2.54 bits per heavy atom. The van der Waals surface area contributed by atoms with E-state index in [0.29, 0.717) is 18.1 Å². The molecule has 0 aromatic heterocycles. The Morgan fingerprint density at radius 1 is 1.54 bits per heavy atom. The van der Waals surface area contributed by atoms with E-state index in [2.05, 4.69) is 27.7 Å². The maximum Gasteiger partial charge on any atom is 0.0658 e. The zero-order valence-electron chi connectivity index (χ0n) is 9.34. The lowest BCUT2D eigenvalue weighted by atomic mass is 9.62. The van der Waals surface area contributed by atoms with Gasteiger partial charge in [-0.15, -0.1) is 0 Å². The van der Waals surface area contributed by atoms with Crippen molar-refractivity contribution in [3.63, 3.8) is 0 Å². The summed E-state index contributed by atoms with van der Waals surface area (Å²) < 4.78 is 5.84. The van der Waals surface area contributed by atoms with Crippen LogP contribution in [-0.4, -0.2) is 18.8 Å². The smallest absolute Gasteiger partial charge is 0.0658 e. The lowest BCUT2D eigenvalue weighted by Gasteiger charge is -2.52. The van der Waals surface area contributed by atoms with E-state index in [9.17, 15) is 0 Å². The fraction of sp³-hybridized carbons (Fsp3) is 1.00. The summed E-state index contributed by atoms with van der Waals surface area (Å²) in [4.78, 5) is 0. The third-order valence-corrected chi connectivity index (χ3v) is 3.44. The molecule has 1 aliphatic carbocycles. The first kappa shape index (κ1) is 11.0. The molecule has 0 spiro atoms. The fourth-order valence-electron chi connectivity index (χ4n) is 1.90. The van der Waals surface area contributed by atoms with E-state index in [1.54, 1.807) is 0 Å². The van der Waals surface area contributed by atoms with Crippen LogP contribution in [0.1, 0.15) is 40.5 Å². The van der Waals surface area contributed by atoms with Gasteiger partial charge in [0.1, 0.15) is 0 Å². The Bertz CT molecular complexity index is 169. The van der Waals surface area contributed by atoms with E-state index in [4.69, 9.17) is 10.5 Å². The number of nitrogens with two attached hydrogens (primary N) is 1. The molecule has 3 unspecified atom stereocenters. The van der Waals surface area contributed by atoms with Crippen LogP contribution in [0.15, 0.2) is 0 Å². The lowest BCUT2D eigenvalue weighted by Crippen LogP contribution is -2.60. The summed E-state index contributed by atoms with van der Waals surface area (Å²) in [5.41, 5.74) is 6.22. The molecule has 0 aromatic rings. The van der Waals surface area contributed by atoms with Crippen molar-refractivity contribution in [1.82, 2.24) is 0 Å². The predicted octanol–water partition coefficient (Wildman–Crippen LogP) is 2.17. The van der Waals surface area contributed by atoms with Crippen LogP contribution in [0, 0.1) is 11.3 Å².